The maximum atomic E-state index is 13.1. The van der Waals surface area contributed by atoms with Crippen LogP contribution in [-0.4, -0.2) is 44.9 Å². The molecule has 1 saturated heterocycles. The van der Waals surface area contributed by atoms with Crippen LogP contribution in [0.25, 0.3) is 22.9 Å². The second-order valence-corrected chi connectivity index (χ2v) is 6.92. The van der Waals surface area contributed by atoms with Crippen molar-refractivity contribution < 1.29 is 0 Å². The number of nitrogens with one attached hydrogen (secondary N) is 1. The number of rotatable bonds is 3. The van der Waals surface area contributed by atoms with Crippen molar-refractivity contribution in [2.75, 3.05) is 31.1 Å². The van der Waals surface area contributed by atoms with Gasteiger partial charge in [0.05, 0.1) is 5.69 Å². The van der Waals surface area contributed by atoms with E-state index in [1.54, 1.807) is 7.05 Å². The molecule has 4 rings (SSSR count). The van der Waals surface area contributed by atoms with Crippen LogP contribution >= 0.6 is 0 Å². The molecule has 8 heteroatoms. The monoisotopic (exact) mass is 380 g/mol. The molecular formula is C20H24N6O2. The molecule has 3 heterocycles. The van der Waals surface area contributed by atoms with Gasteiger partial charge in [-0.3, -0.25) is 18.5 Å². The number of aryl methyl sites for hydroxylation is 1. The van der Waals surface area contributed by atoms with Crippen LogP contribution in [0.1, 0.15) is 12.5 Å². The molecule has 0 amide bonds. The predicted octanol–water partition coefficient (Wildman–Crippen LogP) is 0.866. The summed E-state index contributed by atoms with van der Waals surface area (Å²) >= 11 is 0. The smallest absolute Gasteiger partial charge is 0.332 e. The number of aromatic nitrogens is 4. The van der Waals surface area contributed by atoms with E-state index in [0.717, 1.165) is 42.0 Å². The summed E-state index contributed by atoms with van der Waals surface area (Å²) in [4.78, 5) is 32.5. The Labute approximate surface area is 162 Å². The fourth-order valence-corrected chi connectivity index (χ4v) is 3.70. The van der Waals surface area contributed by atoms with E-state index in [-0.39, 0.29) is 11.2 Å². The molecule has 0 atom stereocenters. The minimum absolute atomic E-state index is 0.345. The average molecular weight is 380 g/mol. The van der Waals surface area contributed by atoms with E-state index in [2.05, 4.69) is 10.2 Å². The van der Waals surface area contributed by atoms with E-state index in [1.165, 1.54) is 11.6 Å². The van der Waals surface area contributed by atoms with Crippen molar-refractivity contribution in [3.63, 3.8) is 0 Å². The number of piperazine rings is 1. The molecule has 1 N–H and O–H groups in total. The minimum Gasteiger partial charge on any atom is -0.339 e. The van der Waals surface area contributed by atoms with Crippen molar-refractivity contribution >= 4 is 23.2 Å². The van der Waals surface area contributed by atoms with Crippen molar-refractivity contribution in [2.24, 2.45) is 14.1 Å². The Morgan fingerprint density at radius 2 is 1.79 bits per heavy atom. The van der Waals surface area contributed by atoms with Gasteiger partial charge in [-0.05, 0) is 18.6 Å². The molecule has 0 bridgehead atoms. The van der Waals surface area contributed by atoms with Gasteiger partial charge in [0.2, 0.25) is 5.95 Å². The summed E-state index contributed by atoms with van der Waals surface area (Å²) in [5, 5.41) is 3.34. The number of allylic oxidation sites excluding steroid dienone is 1. The first-order valence-corrected chi connectivity index (χ1v) is 9.41. The van der Waals surface area contributed by atoms with E-state index in [9.17, 15) is 9.59 Å². The number of hydrogen-bond donors (Lipinski definition) is 1. The summed E-state index contributed by atoms with van der Waals surface area (Å²) in [7, 11) is 3.16. The Bertz CT molecular complexity index is 1180. The summed E-state index contributed by atoms with van der Waals surface area (Å²) in [6.45, 7) is 5.21. The Balaban J connectivity index is 2.14. The van der Waals surface area contributed by atoms with Gasteiger partial charge in [-0.2, -0.15) is 4.98 Å². The summed E-state index contributed by atoms with van der Waals surface area (Å²) in [6, 6.07) is 7.90. The zero-order valence-corrected chi connectivity index (χ0v) is 16.3. The van der Waals surface area contributed by atoms with Crippen LogP contribution in [0, 0.1) is 0 Å². The number of benzene rings is 1. The third kappa shape index (κ3) is 2.77. The zero-order chi connectivity index (χ0) is 19.8. The van der Waals surface area contributed by atoms with E-state index in [1.807, 2.05) is 47.9 Å². The van der Waals surface area contributed by atoms with E-state index in [4.69, 9.17) is 4.98 Å². The number of imidazole rings is 1. The molecule has 28 heavy (non-hydrogen) atoms. The van der Waals surface area contributed by atoms with Crippen molar-refractivity contribution in [3.05, 3.63) is 56.7 Å². The summed E-state index contributed by atoms with van der Waals surface area (Å²) in [5.74, 6) is 0.687. The second kappa shape index (κ2) is 7.12. The van der Waals surface area contributed by atoms with Gasteiger partial charge in [0.1, 0.15) is 0 Å². The molecule has 0 aliphatic carbocycles. The lowest BCUT2D eigenvalue weighted by atomic mass is 10.1. The first-order chi connectivity index (χ1) is 13.5. The molecule has 1 aromatic carbocycles. The van der Waals surface area contributed by atoms with Crippen LogP contribution in [0.15, 0.2) is 39.9 Å². The molecule has 146 valence electrons. The maximum Gasteiger partial charge on any atom is 0.332 e. The second-order valence-electron chi connectivity index (χ2n) is 6.92. The van der Waals surface area contributed by atoms with Gasteiger partial charge in [-0.1, -0.05) is 30.4 Å². The molecule has 0 radical (unpaired) electrons. The normalized spacial score (nSPS) is 15.0. The first-order valence-electron chi connectivity index (χ1n) is 9.41. The molecule has 3 aromatic rings. The van der Waals surface area contributed by atoms with Gasteiger partial charge in [-0.25, -0.2) is 4.79 Å². The first kappa shape index (κ1) is 18.2. The SMILES string of the molecule is C/C=C/c1ccccc1-n1c(N2CCNCC2)nc2c1c(=O)n(C)c(=O)n2C. The third-order valence-electron chi connectivity index (χ3n) is 5.16. The molecule has 0 unspecified atom stereocenters. The zero-order valence-electron chi connectivity index (χ0n) is 16.3. The van der Waals surface area contributed by atoms with Crippen LogP contribution in [0.3, 0.4) is 0 Å². The van der Waals surface area contributed by atoms with Gasteiger partial charge in [0.25, 0.3) is 5.56 Å². The number of nitrogens with zero attached hydrogens (tertiary/aromatic N) is 5. The van der Waals surface area contributed by atoms with Gasteiger partial charge < -0.3 is 10.2 Å². The summed E-state index contributed by atoms with van der Waals surface area (Å²) in [6.07, 6.45) is 3.98. The Hall–Kier alpha value is -3.13. The Kier molecular flexibility index (Phi) is 4.64. The third-order valence-corrected chi connectivity index (χ3v) is 5.16. The van der Waals surface area contributed by atoms with Crippen LogP contribution in [0.2, 0.25) is 0 Å². The predicted molar refractivity (Wildman–Crippen MR) is 111 cm³/mol. The van der Waals surface area contributed by atoms with E-state index in [0.29, 0.717) is 17.1 Å². The van der Waals surface area contributed by atoms with Crippen LogP contribution in [-0.2, 0) is 14.1 Å². The summed E-state index contributed by atoms with van der Waals surface area (Å²) < 4.78 is 4.48. The van der Waals surface area contributed by atoms with Crippen LogP contribution in [0.4, 0.5) is 5.95 Å². The number of para-hydroxylation sites is 1. The standard InChI is InChI=1S/C20H24N6O2/c1-4-7-14-8-5-6-9-15(14)26-16-17(23(2)20(28)24(3)18(16)27)22-19(26)25-12-10-21-11-13-25/h4-9,21H,10-13H2,1-3H3/b7-4+. The highest BCUT2D eigenvalue weighted by Gasteiger charge is 2.25. The molecule has 0 saturated carbocycles. The quantitative estimate of drug-likeness (QED) is 0.730. The largest absolute Gasteiger partial charge is 0.339 e. The molecular weight excluding hydrogens is 356 g/mol. The lowest BCUT2D eigenvalue weighted by Gasteiger charge is -2.29. The number of fused-ring (bicyclic) bond motifs is 1. The lowest BCUT2D eigenvalue weighted by molar-refractivity contribution is 0.578. The topological polar surface area (TPSA) is 77.1 Å². The lowest BCUT2D eigenvalue weighted by Crippen LogP contribution is -2.44. The number of anilines is 1. The highest BCUT2D eigenvalue weighted by Crippen LogP contribution is 2.27. The van der Waals surface area contributed by atoms with E-state index >= 15 is 0 Å². The fraction of sp³-hybridized carbons (Fsp3) is 0.350. The van der Waals surface area contributed by atoms with Gasteiger partial charge in [0.15, 0.2) is 11.2 Å². The average Bonchev–Trinajstić information content (AvgIpc) is 3.12. The molecule has 1 fully saturated rings. The van der Waals surface area contributed by atoms with Gasteiger partial charge in [-0.15, -0.1) is 0 Å². The summed E-state index contributed by atoms with van der Waals surface area (Å²) in [5.41, 5.74) is 1.94. The van der Waals surface area contributed by atoms with Crippen LogP contribution in [0.5, 0.6) is 0 Å². The van der Waals surface area contributed by atoms with E-state index < -0.39 is 0 Å². The molecule has 8 nitrogen and oxygen atoms in total. The van der Waals surface area contributed by atoms with Crippen molar-refractivity contribution in [3.8, 4) is 5.69 Å². The van der Waals surface area contributed by atoms with Crippen LogP contribution < -0.4 is 21.5 Å². The minimum atomic E-state index is -0.379. The van der Waals surface area contributed by atoms with Crippen molar-refractivity contribution in [2.45, 2.75) is 6.92 Å². The maximum absolute atomic E-state index is 13.1. The van der Waals surface area contributed by atoms with Crippen molar-refractivity contribution in [1.82, 2.24) is 24.0 Å². The fourth-order valence-electron chi connectivity index (χ4n) is 3.70. The highest BCUT2D eigenvalue weighted by molar-refractivity contribution is 5.79. The van der Waals surface area contributed by atoms with Crippen molar-refractivity contribution in [1.29, 1.82) is 0 Å². The molecule has 1 aliphatic heterocycles. The Morgan fingerprint density at radius 3 is 2.50 bits per heavy atom. The molecule has 2 aromatic heterocycles. The molecule has 1 aliphatic rings. The number of hydrogen-bond acceptors (Lipinski definition) is 5. The van der Waals surface area contributed by atoms with Gasteiger partial charge >= 0.3 is 5.69 Å². The van der Waals surface area contributed by atoms with Gasteiger partial charge in [0, 0.05) is 40.3 Å². The highest BCUT2D eigenvalue weighted by atomic mass is 16.2. The Morgan fingerprint density at radius 1 is 1.07 bits per heavy atom. The molecule has 0 spiro atoms.